The minimum Gasteiger partial charge on any atom is -0.378 e. The second-order valence-electron chi connectivity index (χ2n) is 3.13. The molecule has 2 fully saturated rings. The van der Waals surface area contributed by atoms with E-state index in [9.17, 15) is 0 Å². The standard InChI is InChI=1S/C7H14N2O/c1-8-6-2-9(3-6)7-4-10-5-7/h6-8H,2-5H2,1H3. The predicted molar refractivity (Wildman–Crippen MR) is 39.0 cm³/mol. The molecule has 0 atom stereocenters. The third-order valence-electron chi connectivity index (χ3n) is 2.45. The van der Waals surface area contributed by atoms with Gasteiger partial charge in [-0.1, -0.05) is 0 Å². The molecule has 0 radical (unpaired) electrons. The summed E-state index contributed by atoms with van der Waals surface area (Å²) in [5, 5.41) is 3.25. The van der Waals surface area contributed by atoms with E-state index in [4.69, 9.17) is 4.74 Å². The number of likely N-dealkylation sites (tertiary alicyclic amines) is 1. The molecule has 0 spiro atoms. The predicted octanol–water partition coefficient (Wildman–Crippen LogP) is -0.711. The van der Waals surface area contributed by atoms with Gasteiger partial charge in [-0.2, -0.15) is 0 Å². The highest BCUT2D eigenvalue weighted by Gasteiger charge is 2.34. The zero-order valence-corrected chi connectivity index (χ0v) is 6.34. The molecule has 2 aliphatic heterocycles. The van der Waals surface area contributed by atoms with Crippen LogP contribution in [0.5, 0.6) is 0 Å². The summed E-state index contributed by atoms with van der Waals surface area (Å²) >= 11 is 0. The summed E-state index contributed by atoms with van der Waals surface area (Å²) < 4.78 is 5.10. The quantitative estimate of drug-likeness (QED) is 0.551. The molecular formula is C7H14N2O. The van der Waals surface area contributed by atoms with Gasteiger partial charge in [0.15, 0.2) is 0 Å². The lowest BCUT2D eigenvalue weighted by atomic mass is 10.0. The first-order valence-corrected chi connectivity index (χ1v) is 3.89. The SMILES string of the molecule is CNC1CN(C2COC2)C1. The fourth-order valence-corrected chi connectivity index (χ4v) is 1.43. The van der Waals surface area contributed by atoms with Crippen LogP contribution < -0.4 is 5.32 Å². The Bertz CT molecular complexity index is 119. The van der Waals surface area contributed by atoms with E-state index in [0.717, 1.165) is 25.3 Å². The van der Waals surface area contributed by atoms with E-state index in [1.165, 1.54) is 13.1 Å². The summed E-state index contributed by atoms with van der Waals surface area (Å²) in [4.78, 5) is 2.48. The van der Waals surface area contributed by atoms with Gasteiger partial charge in [0.25, 0.3) is 0 Å². The van der Waals surface area contributed by atoms with E-state index >= 15 is 0 Å². The molecule has 2 saturated heterocycles. The summed E-state index contributed by atoms with van der Waals surface area (Å²) in [6.07, 6.45) is 0. The van der Waals surface area contributed by atoms with Crippen LogP contribution >= 0.6 is 0 Å². The highest BCUT2D eigenvalue weighted by Crippen LogP contribution is 2.17. The number of hydrogen-bond donors (Lipinski definition) is 1. The fraction of sp³-hybridized carbons (Fsp3) is 1.00. The van der Waals surface area contributed by atoms with Crippen molar-refractivity contribution in [2.75, 3.05) is 33.4 Å². The van der Waals surface area contributed by atoms with Crippen LogP contribution in [0.2, 0.25) is 0 Å². The van der Waals surface area contributed by atoms with Gasteiger partial charge in [0.1, 0.15) is 0 Å². The molecular weight excluding hydrogens is 128 g/mol. The van der Waals surface area contributed by atoms with E-state index < -0.39 is 0 Å². The highest BCUT2D eigenvalue weighted by molar-refractivity contribution is 4.91. The lowest BCUT2D eigenvalue weighted by Crippen LogP contribution is -2.64. The van der Waals surface area contributed by atoms with Crippen LogP contribution in [0.1, 0.15) is 0 Å². The van der Waals surface area contributed by atoms with Crippen molar-refractivity contribution in [2.45, 2.75) is 12.1 Å². The summed E-state index contributed by atoms with van der Waals surface area (Å²) in [7, 11) is 2.03. The maximum atomic E-state index is 5.10. The third kappa shape index (κ3) is 0.944. The van der Waals surface area contributed by atoms with Gasteiger partial charge in [0.05, 0.1) is 19.3 Å². The monoisotopic (exact) mass is 142 g/mol. The van der Waals surface area contributed by atoms with Gasteiger partial charge in [-0.05, 0) is 7.05 Å². The molecule has 0 amide bonds. The van der Waals surface area contributed by atoms with E-state index in [1.54, 1.807) is 0 Å². The van der Waals surface area contributed by atoms with Crippen molar-refractivity contribution in [3.8, 4) is 0 Å². The molecule has 0 saturated carbocycles. The number of ether oxygens (including phenoxy) is 1. The molecule has 2 rings (SSSR count). The Hall–Kier alpha value is -0.120. The van der Waals surface area contributed by atoms with Crippen molar-refractivity contribution in [3.05, 3.63) is 0 Å². The molecule has 1 N–H and O–H groups in total. The zero-order valence-electron chi connectivity index (χ0n) is 6.34. The summed E-state index contributed by atoms with van der Waals surface area (Å²) in [6, 6.07) is 1.48. The van der Waals surface area contributed by atoms with Crippen LogP contribution in [0, 0.1) is 0 Å². The normalized spacial score (nSPS) is 29.7. The van der Waals surface area contributed by atoms with Crippen molar-refractivity contribution >= 4 is 0 Å². The Kier molecular flexibility index (Phi) is 1.64. The lowest BCUT2D eigenvalue weighted by molar-refractivity contribution is -0.0925. The van der Waals surface area contributed by atoms with Crippen molar-refractivity contribution in [3.63, 3.8) is 0 Å². The molecule has 0 aromatic carbocycles. The maximum Gasteiger partial charge on any atom is 0.0645 e. The number of nitrogens with one attached hydrogen (secondary N) is 1. The lowest BCUT2D eigenvalue weighted by Gasteiger charge is -2.47. The molecule has 0 aromatic heterocycles. The second-order valence-corrected chi connectivity index (χ2v) is 3.13. The number of nitrogens with zero attached hydrogens (tertiary/aromatic N) is 1. The summed E-state index contributed by atoms with van der Waals surface area (Å²) in [6.45, 7) is 4.34. The Morgan fingerprint density at radius 3 is 2.50 bits per heavy atom. The van der Waals surface area contributed by atoms with E-state index in [1.807, 2.05) is 7.05 Å². The largest absolute Gasteiger partial charge is 0.378 e. The molecule has 0 bridgehead atoms. The van der Waals surface area contributed by atoms with Crippen molar-refractivity contribution in [2.24, 2.45) is 0 Å². The molecule has 0 aromatic rings. The first-order valence-electron chi connectivity index (χ1n) is 3.89. The van der Waals surface area contributed by atoms with Crippen LogP contribution in [0.4, 0.5) is 0 Å². The molecule has 3 heteroatoms. The first-order chi connectivity index (χ1) is 4.90. The van der Waals surface area contributed by atoms with Gasteiger partial charge in [0, 0.05) is 19.1 Å². The van der Waals surface area contributed by atoms with Gasteiger partial charge in [-0.3, -0.25) is 4.90 Å². The zero-order chi connectivity index (χ0) is 6.97. The Labute approximate surface area is 61.3 Å². The smallest absolute Gasteiger partial charge is 0.0645 e. The Morgan fingerprint density at radius 1 is 1.40 bits per heavy atom. The van der Waals surface area contributed by atoms with E-state index in [2.05, 4.69) is 10.2 Å². The average molecular weight is 142 g/mol. The van der Waals surface area contributed by atoms with Gasteiger partial charge in [-0.25, -0.2) is 0 Å². The van der Waals surface area contributed by atoms with Crippen molar-refractivity contribution in [1.29, 1.82) is 0 Å². The fourth-order valence-electron chi connectivity index (χ4n) is 1.43. The minimum atomic E-state index is 0.737. The summed E-state index contributed by atoms with van der Waals surface area (Å²) in [5.74, 6) is 0. The van der Waals surface area contributed by atoms with Gasteiger partial charge < -0.3 is 10.1 Å². The van der Waals surface area contributed by atoms with Crippen LogP contribution in [0.3, 0.4) is 0 Å². The molecule has 3 nitrogen and oxygen atoms in total. The van der Waals surface area contributed by atoms with Crippen LogP contribution in [0.25, 0.3) is 0 Å². The molecule has 2 heterocycles. The van der Waals surface area contributed by atoms with Gasteiger partial charge >= 0.3 is 0 Å². The topological polar surface area (TPSA) is 24.5 Å². The van der Waals surface area contributed by atoms with Crippen molar-refractivity contribution in [1.82, 2.24) is 10.2 Å². The van der Waals surface area contributed by atoms with Crippen molar-refractivity contribution < 1.29 is 4.74 Å². The van der Waals surface area contributed by atoms with Crippen LogP contribution in [0.15, 0.2) is 0 Å². The molecule has 10 heavy (non-hydrogen) atoms. The molecule has 0 unspecified atom stereocenters. The van der Waals surface area contributed by atoms with Gasteiger partial charge in [-0.15, -0.1) is 0 Å². The van der Waals surface area contributed by atoms with Gasteiger partial charge in [0.2, 0.25) is 0 Å². The second kappa shape index (κ2) is 2.49. The minimum absolute atomic E-state index is 0.737. The highest BCUT2D eigenvalue weighted by atomic mass is 16.5. The summed E-state index contributed by atoms with van der Waals surface area (Å²) in [5.41, 5.74) is 0. The maximum absolute atomic E-state index is 5.10. The van der Waals surface area contributed by atoms with E-state index in [-0.39, 0.29) is 0 Å². The van der Waals surface area contributed by atoms with E-state index in [0.29, 0.717) is 0 Å². The molecule has 2 aliphatic rings. The number of hydrogen-bond acceptors (Lipinski definition) is 3. The molecule has 58 valence electrons. The first kappa shape index (κ1) is 6.58. The molecule has 0 aliphatic carbocycles. The van der Waals surface area contributed by atoms with Crippen LogP contribution in [-0.4, -0.2) is 50.3 Å². The van der Waals surface area contributed by atoms with Crippen LogP contribution in [-0.2, 0) is 4.74 Å². The number of rotatable bonds is 2. The average Bonchev–Trinajstić information content (AvgIpc) is 1.72. The third-order valence-corrected chi connectivity index (χ3v) is 2.45. The Morgan fingerprint density at radius 2 is 2.10 bits per heavy atom. The Balaban J connectivity index is 1.69. The number of likely N-dealkylation sites (N-methyl/N-ethyl adjacent to an activating group) is 1.